The van der Waals surface area contributed by atoms with Crippen LogP contribution in [0.4, 0.5) is 10.1 Å². The molecule has 0 aliphatic rings. The van der Waals surface area contributed by atoms with E-state index in [0.717, 1.165) is 22.9 Å². The number of hydrogen-bond acceptors (Lipinski definition) is 5. The molecule has 7 nitrogen and oxygen atoms in total. The molecule has 0 amide bonds. The number of aromatic nitrogens is 1. The maximum absolute atomic E-state index is 13.4. The summed E-state index contributed by atoms with van der Waals surface area (Å²) in [4.78, 5) is 21.7. The third-order valence-electron chi connectivity index (χ3n) is 3.11. The van der Waals surface area contributed by atoms with Gasteiger partial charge in [0.25, 0.3) is 11.2 Å². The zero-order valence-corrected chi connectivity index (χ0v) is 12.1. The highest BCUT2D eigenvalue weighted by atomic mass is 19.1. The first-order valence-corrected chi connectivity index (χ1v) is 6.81. The molecule has 1 heterocycles. The van der Waals surface area contributed by atoms with Crippen LogP contribution < -0.4 is 5.56 Å². The number of rotatable bonds is 7. The van der Waals surface area contributed by atoms with Gasteiger partial charge in [-0.1, -0.05) is 18.2 Å². The van der Waals surface area contributed by atoms with E-state index >= 15 is 0 Å². The van der Waals surface area contributed by atoms with Gasteiger partial charge in [-0.25, -0.2) is 4.39 Å². The highest BCUT2D eigenvalue weighted by Crippen LogP contribution is 2.09. The smallest absolute Gasteiger partial charge is 0.285 e. The molecular formula is C15H15FN2O5. The third kappa shape index (κ3) is 4.70. The van der Waals surface area contributed by atoms with Crippen LogP contribution in [0.15, 0.2) is 47.4 Å². The molecule has 0 saturated heterocycles. The minimum absolute atomic E-state index is 0.0203. The second kappa shape index (κ2) is 7.61. The highest BCUT2D eigenvalue weighted by Gasteiger charge is 2.12. The maximum Gasteiger partial charge on any atom is 0.285 e. The Balaban J connectivity index is 1.91. The predicted octanol–water partition coefficient (Wildman–Crippen LogP) is 1.47. The number of nitrogens with zero attached hydrogens (tertiary/aromatic N) is 2. The van der Waals surface area contributed by atoms with E-state index in [1.54, 1.807) is 18.2 Å². The van der Waals surface area contributed by atoms with Crippen molar-refractivity contribution in [2.24, 2.45) is 0 Å². The van der Waals surface area contributed by atoms with Crippen LogP contribution in [0, 0.1) is 15.9 Å². The molecule has 0 saturated carbocycles. The van der Waals surface area contributed by atoms with Crippen molar-refractivity contribution in [1.82, 2.24) is 4.57 Å². The van der Waals surface area contributed by atoms with Crippen molar-refractivity contribution in [1.29, 1.82) is 0 Å². The van der Waals surface area contributed by atoms with Gasteiger partial charge < -0.3 is 14.4 Å². The van der Waals surface area contributed by atoms with Crippen molar-refractivity contribution in [2.75, 3.05) is 6.61 Å². The zero-order chi connectivity index (χ0) is 16.8. The van der Waals surface area contributed by atoms with Gasteiger partial charge >= 0.3 is 0 Å². The molecule has 2 rings (SSSR count). The summed E-state index contributed by atoms with van der Waals surface area (Å²) in [7, 11) is 0. The number of pyridine rings is 1. The molecule has 0 radical (unpaired) electrons. The lowest BCUT2D eigenvalue weighted by Gasteiger charge is -2.13. The van der Waals surface area contributed by atoms with Gasteiger partial charge in [0.15, 0.2) is 0 Å². The van der Waals surface area contributed by atoms with Gasteiger partial charge in [-0.2, -0.15) is 0 Å². The van der Waals surface area contributed by atoms with Crippen LogP contribution >= 0.6 is 0 Å². The highest BCUT2D eigenvalue weighted by molar-refractivity contribution is 5.24. The zero-order valence-electron chi connectivity index (χ0n) is 12.1. The van der Waals surface area contributed by atoms with Crippen LogP contribution in [0.3, 0.4) is 0 Å². The molecule has 0 bridgehead atoms. The quantitative estimate of drug-likeness (QED) is 0.615. The van der Waals surface area contributed by atoms with E-state index < -0.39 is 22.4 Å². The average Bonchev–Trinajstić information content (AvgIpc) is 2.51. The fourth-order valence-corrected chi connectivity index (χ4v) is 1.97. The lowest BCUT2D eigenvalue weighted by molar-refractivity contribution is -0.385. The fourth-order valence-electron chi connectivity index (χ4n) is 1.97. The molecule has 1 N–H and O–H groups in total. The van der Waals surface area contributed by atoms with E-state index in [0.29, 0.717) is 5.56 Å². The van der Waals surface area contributed by atoms with Crippen LogP contribution in [-0.2, 0) is 17.9 Å². The molecule has 0 spiro atoms. The van der Waals surface area contributed by atoms with Crippen molar-refractivity contribution in [3.63, 3.8) is 0 Å². The maximum atomic E-state index is 13.4. The van der Waals surface area contributed by atoms with Crippen LogP contribution in [0.25, 0.3) is 0 Å². The fraction of sp³-hybridized carbons (Fsp3) is 0.267. The van der Waals surface area contributed by atoms with Crippen LogP contribution in [0.1, 0.15) is 5.56 Å². The van der Waals surface area contributed by atoms with Crippen molar-refractivity contribution < 1.29 is 19.2 Å². The van der Waals surface area contributed by atoms with Crippen molar-refractivity contribution in [3.05, 3.63) is 74.4 Å². The summed E-state index contributed by atoms with van der Waals surface area (Å²) in [5.41, 5.74) is -0.361. The number of aliphatic hydroxyl groups is 1. The molecule has 1 unspecified atom stereocenters. The first-order chi connectivity index (χ1) is 11.0. The Morgan fingerprint density at radius 3 is 2.74 bits per heavy atom. The minimum Gasteiger partial charge on any atom is -0.389 e. The summed E-state index contributed by atoms with van der Waals surface area (Å²) < 4.78 is 19.6. The number of nitro groups is 1. The molecule has 0 aliphatic carbocycles. The Kier molecular flexibility index (Phi) is 5.56. The topological polar surface area (TPSA) is 94.6 Å². The Bertz CT molecular complexity index is 747. The summed E-state index contributed by atoms with van der Waals surface area (Å²) in [5.74, 6) is -0.406. The molecule has 1 aromatic carbocycles. The van der Waals surface area contributed by atoms with E-state index in [1.165, 1.54) is 6.07 Å². The number of benzene rings is 1. The summed E-state index contributed by atoms with van der Waals surface area (Å²) >= 11 is 0. The molecule has 1 aromatic heterocycles. The Labute approximate surface area is 130 Å². The largest absolute Gasteiger partial charge is 0.389 e. The molecule has 2 aromatic rings. The Morgan fingerprint density at radius 2 is 2.04 bits per heavy atom. The normalized spacial score (nSPS) is 12.1. The first kappa shape index (κ1) is 16.8. The summed E-state index contributed by atoms with van der Waals surface area (Å²) in [6.07, 6.45) is 0.00377. The molecule has 0 aliphatic heterocycles. The molecule has 0 fully saturated rings. The van der Waals surface area contributed by atoms with E-state index in [9.17, 15) is 24.4 Å². The van der Waals surface area contributed by atoms with Gasteiger partial charge in [0.2, 0.25) is 0 Å². The number of halogens is 1. The number of ether oxygens (including phenoxy) is 1. The summed E-state index contributed by atoms with van der Waals surface area (Å²) in [5, 5.41) is 20.5. The second-order valence-corrected chi connectivity index (χ2v) is 4.90. The van der Waals surface area contributed by atoms with Crippen LogP contribution in [0.2, 0.25) is 0 Å². The van der Waals surface area contributed by atoms with Gasteiger partial charge in [0, 0.05) is 17.7 Å². The minimum atomic E-state index is -1.05. The van der Waals surface area contributed by atoms with E-state index in [2.05, 4.69) is 0 Å². The van der Waals surface area contributed by atoms with E-state index in [4.69, 9.17) is 4.74 Å². The monoisotopic (exact) mass is 322 g/mol. The molecule has 23 heavy (non-hydrogen) atoms. The van der Waals surface area contributed by atoms with Crippen molar-refractivity contribution >= 4 is 5.69 Å². The summed E-state index contributed by atoms with van der Waals surface area (Å²) in [6.45, 7) is -0.311. The molecule has 122 valence electrons. The molecular weight excluding hydrogens is 307 g/mol. The van der Waals surface area contributed by atoms with Crippen molar-refractivity contribution in [2.45, 2.75) is 19.3 Å². The third-order valence-corrected chi connectivity index (χ3v) is 3.11. The van der Waals surface area contributed by atoms with E-state index in [1.807, 2.05) is 0 Å². The van der Waals surface area contributed by atoms with Gasteiger partial charge in [0.1, 0.15) is 5.82 Å². The van der Waals surface area contributed by atoms with Gasteiger partial charge in [-0.05, 0) is 6.07 Å². The lowest BCUT2D eigenvalue weighted by Crippen LogP contribution is -2.28. The molecule has 1 atom stereocenters. The van der Waals surface area contributed by atoms with Gasteiger partial charge in [-0.15, -0.1) is 0 Å². The SMILES string of the molecule is O=c1ccc([N+](=O)[O-])cn1CC(O)COCc1ccccc1F. The molecule has 8 heteroatoms. The average molecular weight is 322 g/mol. The van der Waals surface area contributed by atoms with Crippen LogP contribution in [-0.4, -0.2) is 27.3 Å². The summed E-state index contributed by atoms with van der Waals surface area (Å²) in [6, 6.07) is 8.25. The number of aliphatic hydroxyl groups excluding tert-OH is 1. The van der Waals surface area contributed by atoms with Crippen molar-refractivity contribution in [3.8, 4) is 0 Å². The van der Waals surface area contributed by atoms with Crippen LogP contribution in [0.5, 0.6) is 0 Å². The van der Waals surface area contributed by atoms with E-state index in [-0.39, 0.29) is 25.4 Å². The standard InChI is InChI=1S/C15H15FN2O5/c16-14-4-2-1-3-11(14)9-23-10-13(19)8-17-7-12(18(21)22)5-6-15(17)20/h1-7,13,19H,8-10H2. The first-order valence-electron chi connectivity index (χ1n) is 6.81. The number of hydrogen-bond donors (Lipinski definition) is 1. The van der Waals surface area contributed by atoms with Gasteiger partial charge in [0.05, 0.1) is 37.0 Å². The Morgan fingerprint density at radius 1 is 1.30 bits per heavy atom. The lowest BCUT2D eigenvalue weighted by atomic mass is 10.2. The van der Waals surface area contributed by atoms with Gasteiger partial charge in [-0.3, -0.25) is 14.9 Å². The predicted molar refractivity (Wildman–Crippen MR) is 79.4 cm³/mol. The Hall–Kier alpha value is -2.58. The second-order valence-electron chi connectivity index (χ2n) is 4.90.